The van der Waals surface area contributed by atoms with Crippen molar-refractivity contribution < 1.29 is 14.3 Å². The van der Waals surface area contributed by atoms with Crippen LogP contribution in [0.25, 0.3) is 10.9 Å². The minimum Gasteiger partial charge on any atom is -0.468 e. The van der Waals surface area contributed by atoms with Crippen LogP contribution in [0.2, 0.25) is 0 Å². The quantitative estimate of drug-likeness (QED) is 0.695. The molecular formula is C23H31N5O3. The lowest BCUT2D eigenvalue weighted by Gasteiger charge is -2.33. The van der Waals surface area contributed by atoms with Crippen molar-refractivity contribution in [1.29, 1.82) is 0 Å². The average Bonchev–Trinajstić information content (AvgIpc) is 3.05. The van der Waals surface area contributed by atoms with Crippen LogP contribution in [0.1, 0.15) is 38.4 Å². The number of nitrogens with zero attached hydrogens (tertiary/aromatic N) is 5. The van der Waals surface area contributed by atoms with Gasteiger partial charge in [-0.3, -0.25) is 14.5 Å². The zero-order valence-corrected chi connectivity index (χ0v) is 18.4. The Morgan fingerprint density at radius 2 is 1.87 bits per heavy atom. The molecule has 31 heavy (non-hydrogen) atoms. The molecule has 0 saturated carbocycles. The number of anilines is 1. The first-order chi connectivity index (χ1) is 15.1. The predicted molar refractivity (Wildman–Crippen MR) is 119 cm³/mol. The van der Waals surface area contributed by atoms with E-state index in [1.54, 1.807) is 6.92 Å². The molecule has 2 fully saturated rings. The Balaban J connectivity index is 1.63. The van der Waals surface area contributed by atoms with Crippen molar-refractivity contribution >= 4 is 28.6 Å². The molecule has 0 spiro atoms. The lowest BCUT2D eigenvalue weighted by Crippen LogP contribution is -2.45. The fourth-order valence-electron chi connectivity index (χ4n) is 4.63. The molecule has 2 saturated heterocycles. The number of hydrogen-bond donors (Lipinski definition) is 0. The fourth-order valence-corrected chi connectivity index (χ4v) is 4.63. The molecule has 2 aromatic rings. The van der Waals surface area contributed by atoms with E-state index >= 15 is 0 Å². The summed E-state index contributed by atoms with van der Waals surface area (Å²) in [5.74, 6) is 1.57. The van der Waals surface area contributed by atoms with Gasteiger partial charge in [0.2, 0.25) is 5.91 Å². The van der Waals surface area contributed by atoms with E-state index in [2.05, 4.69) is 15.9 Å². The second-order valence-corrected chi connectivity index (χ2v) is 8.33. The van der Waals surface area contributed by atoms with Gasteiger partial charge in [-0.2, -0.15) is 0 Å². The third kappa shape index (κ3) is 4.79. The summed E-state index contributed by atoms with van der Waals surface area (Å²) in [6.07, 6.45) is 3.80. The first kappa shape index (κ1) is 21.5. The van der Waals surface area contributed by atoms with Crippen molar-refractivity contribution in [2.45, 2.75) is 45.2 Å². The highest BCUT2D eigenvalue weighted by Crippen LogP contribution is 2.27. The summed E-state index contributed by atoms with van der Waals surface area (Å²) in [6.45, 7) is 6.04. The van der Waals surface area contributed by atoms with Crippen molar-refractivity contribution in [3.05, 3.63) is 30.1 Å². The van der Waals surface area contributed by atoms with Gasteiger partial charge in [-0.1, -0.05) is 18.6 Å². The number of ether oxygens (including phenoxy) is 1. The van der Waals surface area contributed by atoms with Gasteiger partial charge in [-0.15, -0.1) is 0 Å². The standard InChI is InChI=1S/C23H31N5O3/c1-17(29)26-12-7-13-27(15-14-26)22-18-8-3-4-9-19(18)24-21(25-22)16-28-11-6-5-10-20(28)23(30)31-2/h3-4,8-9,20H,5-7,10-16H2,1-2H3/t20-/m1/s1. The Labute approximate surface area is 183 Å². The lowest BCUT2D eigenvalue weighted by molar-refractivity contribution is -0.148. The first-order valence-electron chi connectivity index (χ1n) is 11.1. The highest BCUT2D eigenvalue weighted by atomic mass is 16.5. The summed E-state index contributed by atoms with van der Waals surface area (Å²) in [5, 5.41) is 1.02. The van der Waals surface area contributed by atoms with Crippen LogP contribution >= 0.6 is 0 Å². The van der Waals surface area contributed by atoms with E-state index in [-0.39, 0.29) is 17.9 Å². The molecule has 8 nitrogen and oxygen atoms in total. The number of likely N-dealkylation sites (tertiary alicyclic amines) is 1. The number of esters is 1. The summed E-state index contributed by atoms with van der Waals surface area (Å²) < 4.78 is 5.03. The number of piperidine rings is 1. The minimum absolute atomic E-state index is 0.119. The minimum atomic E-state index is -0.236. The van der Waals surface area contributed by atoms with Gasteiger partial charge in [0.15, 0.2) is 0 Å². The number of fused-ring (bicyclic) bond motifs is 1. The van der Waals surface area contributed by atoms with E-state index < -0.39 is 0 Å². The maximum atomic E-state index is 12.3. The number of hydrogen-bond acceptors (Lipinski definition) is 7. The number of benzene rings is 1. The number of methoxy groups -OCH3 is 1. The molecular weight excluding hydrogens is 394 g/mol. The molecule has 1 amide bonds. The number of rotatable bonds is 4. The van der Waals surface area contributed by atoms with Crippen LogP contribution in [0.5, 0.6) is 0 Å². The van der Waals surface area contributed by atoms with Crippen LogP contribution in [-0.2, 0) is 20.9 Å². The van der Waals surface area contributed by atoms with Crippen molar-refractivity contribution in [2.75, 3.05) is 44.7 Å². The molecule has 1 aromatic heterocycles. The topological polar surface area (TPSA) is 78.9 Å². The molecule has 166 valence electrons. The van der Waals surface area contributed by atoms with E-state index in [1.165, 1.54) is 7.11 Å². The molecule has 0 bridgehead atoms. The number of carbonyl (C=O) groups is 2. The SMILES string of the molecule is COC(=O)[C@H]1CCCCN1Cc1nc(N2CCCN(C(C)=O)CC2)c2ccccc2n1. The Kier molecular flexibility index (Phi) is 6.65. The van der Waals surface area contributed by atoms with E-state index in [1.807, 2.05) is 23.1 Å². The summed E-state index contributed by atoms with van der Waals surface area (Å²) in [7, 11) is 1.45. The van der Waals surface area contributed by atoms with Crippen LogP contribution in [0.4, 0.5) is 5.82 Å². The van der Waals surface area contributed by atoms with Crippen LogP contribution in [0.3, 0.4) is 0 Å². The van der Waals surface area contributed by atoms with Gasteiger partial charge in [0.25, 0.3) is 0 Å². The number of carbonyl (C=O) groups excluding carboxylic acids is 2. The molecule has 1 atom stereocenters. The van der Waals surface area contributed by atoms with E-state index in [0.717, 1.165) is 74.4 Å². The molecule has 3 heterocycles. The zero-order chi connectivity index (χ0) is 21.8. The molecule has 2 aliphatic rings. The second-order valence-electron chi connectivity index (χ2n) is 8.33. The molecule has 0 aliphatic carbocycles. The molecule has 1 aromatic carbocycles. The third-order valence-electron chi connectivity index (χ3n) is 6.30. The molecule has 0 N–H and O–H groups in total. The monoisotopic (exact) mass is 425 g/mol. The normalized spacial score (nSPS) is 20.5. The molecule has 4 rings (SSSR count). The van der Waals surface area contributed by atoms with E-state index in [0.29, 0.717) is 13.1 Å². The summed E-state index contributed by atoms with van der Waals surface area (Å²) >= 11 is 0. The zero-order valence-electron chi connectivity index (χ0n) is 18.4. The van der Waals surface area contributed by atoms with Gasteiger partial charge in [-0.25, -0.2) is 9.97 Å². The first-order valence-corrected chi connectivity index (χ1v) is 11.1. The molecule has 0 unspecified atom stereocenters. The van der Waals surface area contributed by atoms with Gasteiger partial charge >= 0.3 is 5.97 Å². The van der Waals surface area contributed by atoms with Crippen LogP contribution < -0.4 is 4.90 Å². The van der Waals surface area contributed by atoms with Crippen molar-refractivity contribution in [1.82, 2.24) is 19.8 Å². The van der Waals surface area contributed by atoms with E-state index in [4.69, 9.17) is 14.7 Å². The number of aromatic nitrogens is 2. The molecule has 0 radical (unpaired) electrons. The maximum absolute atomic E-state index is 12.3. The van der Waals surface area contributed by atoms with Crippen molar-refractivity contribution in [2.24, 2.45) is 0 Å². The summed E-state index contributed by atoms with van der Waals surface area (Å²) in [5.41, 5.74) is 0.904. The van der Waals surface area contributed by atoms with Crippen LogP contribution in [0.15, 0.2) is 24.3 Å². The number of amides is 1. The largest absolute Gasteiger partial charge is 0.468 e. The van der Waals surface area contributed by atoms with Gasteiger partial charge in [0, 0.05) is 38.5 Å². The number of para-hydroxylation sites is 1. The fraction of sp³-hybridized carbons (Fsp3) is 0.565. The maximum Gasteiger partial charge on any atom is 0.323 e. The Morgan fingerprint density at radius 3 is 2.68 bits per heavy atom. The van der Waals surface area contributed by atoms with E-state index in [9.17, 15) is 9.59 Å². The smallest absolute Gasteiger partial charge is 0.323 e. The highest BCUT2D eigenvalue weighted by Gasteiger charge is 2.30. The Hall–Kier alpha value is -2.74. The predicted octanol–water partition coefficient (Wildman–Crippen LogP) is 2.22. The third-order valence-corrected chi connectivity index (χ3v) is 6.30. The van der Waals surface area contributed by atoms with Gasteiger partial charge in [0.1, 0.15) is 17.7 Å². The summed E-state index contributed by atoms with van der Waals surface area (Å²) in [4.78, 5) is 40.2. The average molecular weight is 426 g/mol. The van der Waals surface area contributed by atoms with Gasteiger partial charge in [0.05, 0.1) is 19.2 Å². The summed E-state index contributed by atoms with van der Waals surface area (Å²) in [6, 6.07) is 7.82. The molecule has 8 heteroatoms. The Bertz CT molecular complexity index is 950. The van der Waals surface area contributed by atoms with Gasteiger partial charge in [-0.05, 0) is 37.9 Å². The van der Waals surface area contributed by atoms with Crippen LogP contribution in [-0.4, -0.2) is 77.5 Å². The molecule has 2 aliphatic heterocycles. The Morgan fingerprint density at radius 1 is 1.03 bits per heavy atom. The highest BCUT2D eigenvalue weighted by molar-refractivity contribution is 5.89. The van der Waals surface area contributed by atoms with Crippen molar-refractivity contribution in [3.63, 3.8) is 0 Å². The van der Waals surface area contributed by atoms with Crippen LogP contribution in [0, 0.1) is 0 Å². The van der Waals surface area contributed by atoms with Crippen molar-refractivity contribution in [3.8, 4) is 0 Å². The second kappa shape index (κ2) is 9.60. The lowest BCUT2D eigenvalue weighted by atomic mass is 10.0. The van der Waals surface area contributed by atoms with Gasteiger partial charge < -0.3 is 14.5 Å².